The van der Waals surface area contributed by atoms with Gasteiger partial charge in [0.1, 0.15) is 0 Å². The van der Waals surface area contributed by atoms with Crippen LogP contribution in [0.2, 0.25) is 0 Å². The zero-order valence-electron chi connectivity index (χ0n) is 9.46. The molecule has 0 atom stereocenters. The SMILES string of the molecule is C=CC(=O)N1CCN(c2nccn2C)CC1. The first kappa shape index (κ1) is 10.7. The summed E-state index contributed by atoms with van der Waals surface area (Å²) in [5, 5.41) is 0. The van der Waals surface area contributed by atoms with Crippen LogP contribution in [0.4, 0.5) is 5.95 Å². The molecule has 1 amide bonds. The molecule has 0 spiro atoms. The minimum Gasteiger partial charge on any atom is -0.339 e. The molecule has 0 aliphatic carbocycles. The van der Waals surface area contributed by atoms with Gasteiger partial charge in [-0.1, -0.05) is 6.58 Å². The number of rotatable bonds is 2. The minimum absolute atomic E-state index is 0.0134. The van der Waals surface area contributed by atoms with E-state index in [1.54, 1.807) is 6.20 Å². The summed E-state index contributed by atoms with van der Waals surface area (Å²) in [6.07, 6.45) is 5.09. The Hall–Kier alpha value is -1.78. The van der Waals surface area contributed by atoms with Crippen LogP contribution in [0.5, 0.6) is 0 Å². The van der Waals surface area contributed by atoms with Crippen LogP contribution in [0.3, 0.4) is 0 Å². The van der Waals surface area contributed by atoms with Crippen LogP contribution in [-0.4, -0.2) is 46.5 Å². The maximum Gasteiger partial charge on any atom is 0.246 e. The van der Waals surface area contributed by atoms with Gasteiger partial charge >= 0.3 is 0 Å². The monoisotopic (exact) mass is 220 g/mol. The van der Waals surface area contributed by atoms with Gasteiger partial charge < -0.3 is 14.4 Å². The molecule has 1 aromatic heterocycles. The summed E-state index contributed by atoms with van der Waals surface area (Å²) in [6.45, 7) is 6.61. The van der Waals surface area contributed by atoms with E-state index in [2.05, 4.69) is 16.5 Å². The zero-order valence-corrected chi connectivity index (χ0v) is 9.46. The quantitative estimate of drug-likeness (QED) is 0.671. The van der Waals surface area contributed by atoms with Gasteiger partial charge in [0.2, 0.25) is 11.9 Å². The highest BCUT2D eigenvalue weighted by atomic mass is 16.2. The molecule has 1 aliphatic rings. The second kappa shape index (κ2) is 4.38. The highest BCUT2D eigenvalue weighted by Crippen LogP contribution is 2.12. The summed E-state index contributed by atoms with van der Waals surface area (Å²) in [5.41, 5.74) is 0. The van der Waals surface area contributed by atoms with Crippen LogP contribution in [0.1, 0.15) is 0 Å². The average molecular weight is 220 g/mol. The Morgan fingerprint density at radius 3 is 2.62 bits per heavy atom. The molecule has 1 fully saturated rings. The fraction of sp³-hybridized carbons (Fsp3) is 0.455. The van der Waals surface area contributed by atoms with E-state index in [0.717, 1.165) is 32.1 Å². The molecule has 1 aromatic rings. The number of aryl methyl sites for hydroxylation is 1. The average Bonchev–Trinajstić information content (AvgIpc) is 2.75. The normalized spacial score (nSPS) is 16.3. The number of amides is 1. The van der Waals surface area contributed by atoms with Crippen LogP contribution in [0, 0.1) is 0 Å². The molecular formula is C11H16N4O. The van der Waals surface area contributed by atoms with Crippen LogP contribution >= 0.6 is 0 Å². The van der Waals surface area contributed by atoms with Crippen molar-refractivity contribution in [2.45, 2.75) is 0 Å². The van der Waals surface area contributed by atoms with Crippen LogP contribution in [-0.2, 0) is 11.8 Å². The lowest BCUT2D eigenvalue weighted by Crippen LogP contribution is -2.49. The van der Waals surface area contributed by atoms with Crippen molar-refractivity contribution in [2.75, 3.05) is 31.1 Å². The van der Waals surface area contributed by atoms with Gasteiger partial charge in [0, 0.05) is 45.6 Å². The molecule has 5 heteroatoms. The molecule has 5 nitrogen and oxygen atoms in total. The van der Waals surface area contributed by atoms with Crippen LogP contribution in [0.15, 0.2) is 25.0 Å². The highest BCUT2D eigenvalue weighted by molar-refractivity contribution is 5.87. The molecule has 0 aromatic carbocycles. The summed E-state index contributed by atoms with van der Waals surface area (Å²) in [5.74, 6) is 0.977. The Bertz CT molecular complexity index is 390. The molecule has 16 heavy (non-hydrogen) atoms. The van der Waals surface area contributed by atoms with Crippen molar-refractivity contribution >= 4 is 11.9 Å². The summed E-state index contributed by atoms with van der Waals surface area (Å²) < 4.78 is 1.99. The van der Waals surface area contributed by atoms with Crippen LogP contribution < -0.4 is 4.90 Å². The summed E-state index contributed by atoms with van der Waals surface area (Å²) >= 11 is 0. The van der Waals surface area contributed by atoms with Gasteiger partial charge in [0.25, 0.3) is 0 Å². The van der Waals surface area contributed by atoms with E-state index in [1.807, 2.05) is 22.7 Å². The summed E-state index contributed by atoms with van der Waals surface area (Å²) in [6, 6.07) is 0. The molecular weight excluding hydrogens is 204 g/mol. The van der Waals surface area contributed by atoms with Crippen molar-refractivity contribution in [3.8, 4) is 0 Å². The predicted molar refractivity (Wildman–Crippen MR) is 62.2 cm³/mol. The van der Waals surface area contributed by atoms with E-state index in [4.69, 9.17) is 0 Å². The van der Waals surface area contributed by atoms with Crippen molar-refractivity contribution in [3.63, 3.8) is 0 Å². The Morgan fingerprint density at radius 2 is 2.12 bits per heavy atom. The molecule has 0 unspecified atom stereocenters. The third-order valence-corrected chi connectivity index (χ3v) is 2.84. The van der Waals surface area contributed by atoms with Gasteiger partial charge in [-0.15, -0.1) is 0 Å². The molecule has 0 radical (unpaired) electrons. The van der Waals surface area contributed by atoms with Gasteiger partial charge in [-0.3, -0.25) is 4.79 Å². The number of aromatic nitrogens is 2. The van der Waals surface area contributed by atoms with E-state index in [1.165, 1.54) is 6.08 Å². The second-order valence-electron chi connectivity index (χ2n) is 3.85. The number of anilines is 1. The van der Waals surface area contributed by atoms with Crippen molar-refractivity contribution in [3.05, 3.63) is 25.0 Å². The van der Waals surface area contributed by atoms with Crippen molar-refractivity contribution < 1.29 is 4.79 Å². The zero-order chi connectivity index (χ0) is 11.5. The molecule has 1 aliphatic heterocycles. The van der Waals surface area contributed by atoms with Crippen molar-refractivity contribution in [1.82, 2.24) is 14.5 Å². The fourth-order valence-electron chi connectivity index (χ4n) is 1.92. The Kier molecular flexibility index (Phi) is 2.94. The third-order valence-electron chi connectivity index (χ3n) is 2.84. The first-order valence-corrected chi connectivity index (χ1v) is 5.36. The third kappa shape index (κ3) is 1.93. The smallest absolute Gasteiger partial charge is 0.246 e. The van der Waals surface area contributed by atoms with Crippen molar-refractivity contribution in [1.29, 1.82) is 0 Å². The van der Waals surface area contributed by atoms with E-state index in [9.17, 15) is 4.79 Å². The first-order chi connectivity index (χ1) is 7.72. The van der Waals surface area contributed by atoms with Crippen LogP contribution in [0.25, 0.3) is 0 Å². The lowest BCUT2D eigenvalue weighted by molar-refractivity contribution is -0.126. The van der Waals surface area contributed by atoms with Crippen molar-refractivity contribution in [2.24, 2.45) is 7.05 Å². The van der Waals surface area contributed by atoms with E-state index >= 15 is 0 Å². The summed E-state index contributed by atoms with van der Waals surface area (Å²) in [4.78, 5) is 19.7. The Labute approximate surface area is 95.0 Å². The number of hydrogen-bond acceptors (Lipinski definition) is 3. The fourth-order valence-corrected chi connectivity index (χ4v) is 1.92. The number of carbonyl (C=O) groups excluding carboxylic acids is 1. The predicted octanol–water partition coefficient (Wildman–Crippen LogP) is 0.255. The maximum atomic E-state index is 11.4. The van der Waals surface area contributed by atoms with E-state index in [0.29, 0.717) is 0 Å². The van der Waals surface area contributed by atoms with E-state index in [-0.39, 0.29) is 5.91 Å². The largest absolute Gasteiger partial charge is 0.339 e. The van der Waals surface area contributed by atoms with Gasteiger partial charge in [-0.05, 0) is 6.08 Å². The second-order valence-corrected chi connectivity index (χ2v) is 3.85. The minimum atomic E-state index is 0.0134. The number of imidazole rings is 1. The number of hydrogen-bond donors (Lipinski definition) is 0. The molecule has 0 N–H and O–H groups in total. The number of piperazine rings is 1. The Balaban J connectivity index is 1.98. The van der Waals surface area contributed by atoms with Gasteiger partial charge in [-0.2, -0.15) is 0 Å². The molecule has 0 saturated carbocycles. The summed E-state index contributed by atoms with van der Waals surface area (Å²) in [7, 11) is 1.98. The molecule has 0 bridgehead atoms. The van der Waals surface area contributed by atoms with Gasteiger partial charge in [0.15, 0.2) is 0 Å². The topological polar surface area (TPSA) is 41.4 Å². The molecule has 86 valence electrons. The lowest BCUT2D eigenvalue weighted by Gasteiger charge is -2.34. The van der Waals surface area contributed by atoms with Gasteiger partial charge in [0.05, 0.1) is 0 Å². The number of nitrogens with zero attached hydrogens (tertiary/aromatic N) is 4. The van der Waals surface area contributed by atoms with Gasteiger partial charge in [-0.25, -0.2) is 4.98 Å². The Morgan fingerprint density at radius 1 is 1.44 bits per heavy atom. The lowest BCUT2D eigenvalue weighted by atomic mass is 10.3. The number of carbonyl (C=O) groups is 1. The highest BCUT2D eigenvalue weighted by Gasteiger charge is 2.21. The van der Waals surface area contributed by atoms with E-state index < -0.39 is 0 Å². The molecule has 1 saturated heterocycles. The standard InChI is InChI=1S/C11H16N4O/c1-3-10(16)14-6-8-15(9-7-14)11-12-4-5-13(11)2/h3-5H,1,6-9H2,2H3. The maximum absolute atomic E-state index is 11.4. The molecule has 2 heterocycles. The molecule has 2 rings (SSSR count). The first-order valence-electron chi connectivity index (χ1n) is 5.36.